The molecule has 1 aliphatic heterocycles. The highest BCUT2D eigenvalue weighted by Gasteiger charge is 2.55. The van der Waals surface area contributed by atoms with Gasteiger partial charge in [-0.25, -0.2) is 8.42 Å². The average molecular weight is 384 g/mol. The number of ether oxygens (including phenoxy) is 1. The molecule has 4 aliphatic carbocycles. The Morgan fingerprint density at radius 3 is 2.12 bits per heavy atom. The minimum atomic E-state index is -3.05. The highest BCUT2D eigenvalue weighted by molar-refractivity contribution is 7.91. The van der Waals surface area contributed by atoms with E-state index < -0.39 is 9.84 Å². The van der Waals surface area contributed by atoms with Crippen LogP contribution in [0.3, 0.4) is 0 Å². The van der Waals surface area contributed by atoms with E-state index in [0.717, 1.165) is 19.3 Å². The van der Waals surface area contributed by atoms with E-state index in [2.05, 4.69) is 0 Å². The van der Waals surface area contributed by atoms with Crippen molar-refractivity contribution in [3.8, 4) is 0 Å². The summed E-state index contributed by atoms with van der Waals surface area (Å²) in [6, 6.07) is -0.282. The molecule has 5 aliphatic rings. The van der Waals surface area contributed by atoms with Gasteiger partial charge in [-0.3, -0.25) is 9.59 Å². The molecular formula is C19H29NO5S. The third-order valence-corrected chi connectivity index (χ3v) is 8.86. The summed E-state index contributed by atoms with van der Waals surface area (Å²) in [6.45, 7) is 2.02. The van der Waals surface area contributed by atoms with Gasteiger partial charge < -0.3 is 9.64 Å². The molecule has 1 unspecified atom stereocenters. The van der Waals surface area contributed by atoms with E-state index in [1.165, 1.54) is 19.3 Å². The van der Waals surface area contributed by atoms with Crippen molar-refractivity contribution in [1.82, 2.24) is 4.90 Å². The van der Waals surface area contributed by atoms with Gasteiger partial charge in [0.2, 0.25) is 0 Å². The molecule has 7 heteroatoms. The molecule has 5 fully saturated rings. The Kier molecular flexibility index (Phi) is 4.56. The van der Waals surface area contributed by atoms with Crippen LogP contribution in [-0.2, 0) is 24.2 Å². The van der Waals surface area contributed by atoms with Gasteiger partial charge in [-0.05, 0) is 69.6 Å². The summed E-state index contributed by atoms with van der Waals surface area (Å²) in [5.41, 5.74) is -0.358. The maximum absolute atomic E-state index is 12.8. The van der Waals surface area contributed by atoms with Crippen molar-refractivity contribution in [2.45, 2.75) is 57.9 Å². The minimum absolute atomic E-state index is 0.0233. The van der Waals surface area contributed by atoms with Crippen molar-refractivity contribution in [3.63, 3.8) is 0 Å². The molecule has 0 aromatic heterocycles. The van der Waals surface area contributed by atoms with Gasteiger partial charge in [-0.1, -0.05) is 0 Å². The summed E-state index contributed by atoms with van der Waals surface area (Å²) in [6.07, 6.45) is 7.01. The predicted molar refractivity (Wildman–Crippen MR) is 96.0 cm³/mol. The van der Waals surface area contributed by atoms with E-state index in [-0.39, 0.29) is 41.4 Å². The van der Waals surface area contributed by atoms with Crippen LogP contribution in [0.25, 0.3) is 0 Å². The van der Waals surface area contributed by atoms with Gasteiger partial charge in [-0.2, -0.15) is 0 Å². The van der Waals surface area contributed by atoms with Crippen molar-refractivity contribution < 1.29 is 22.7 Å². The molecule has 1 atom stereocenters. The smallest absolute Gasteiger partial charge is 0.312 e. The monoisotopic (exact) mass is 383 g/mol. The van der Waals surface area contributed by atoms with Crippen molar-refractivity contribution in [2.75, 3.05) is 24.7 Å². The fourth-order valence-corrected chi connectivity index (χ4v) is 8.11. The van der Waals surface area contributed by atoms with E-state index >= 15 is 0 Å². The highest BCUT2D eigenvalue weighted by Crippen LogP contribution is 2.60. The molecule has 5 rings (SSSR count). The summed E-state index contributed by atoms with van der Waals surface area (Å²) < 4.78 is 28.9. The van der Waals surface area contributed by atoms with Gasteiger partial charge >= 0.3 is 5.97 Å². The number of carbonyl (C=O) groups excluding carboxylic acids is 2. The Morgan fingerprint density at radius 2 is 1.65 bits per heavy atom. The Balaban J connectivity index is 1.36. The molecular weight excluding hydrogens is 354 g/mol. The van der Waals surface area contributed by atoms with Gasteiger partial charge in [0.25, 0.3) is 5.91 Å². The first-order valence-corrected chi connectivity index (χ1v) is 11.8. The quantitative estimate of drug-likeness (QED) is 0.676. The largest absolute Gasteiger partial charge is 0.455 e. The number of esters is 1. The number of sulfone groups is 1. The zero-order valence-electron chi connectivity index (χ0n) is 15.5. The van der Waals surface area contributed by atoms with Crippen molar-refractivity contribution >= 4 is 21.7 Å². The number of hydrogen-bond acceptors (Lipinski definition) is 5. The predicted octanol–water partition coefficient (Wildman–Crippen LogP) is 1.78. The third kappa shape index (κ3) is 3.27. The Labute approximate surface area is 155 Å². The van der Waals surface area contributed by atoms with E-state index in [0.29, 0.717) is 30.7 Å². The number of amides is 1. The average Bonchev–Trinajstić information content (AvgIpc) is 2.91. The summed E-state index contributed by atoms with van der Waals surface area (Å²) in [5, 5.41) is 0. The Hall–Kier alpha value is -1.11. The van der Waals surface area contributed by atoms with Crippen molar-refractivity contribution in [3.05, 3.63) is 0 Å². The van der Waals surface area contributed by atoms with E-state index in [1.54, 1.807) is 4.90 Å². The van der Waals surface area contributed by atoms with Crippen LogP contribution in [0.2, 0.25) is 0 Å². The normalized spacial score (nSPS) is 39.7. The van der Waals surface area contributed by atoms with E-state index in [1.807, 2.05) is 6.92 Å². The third-order valence-electron chi connectivity index (χ3n) is 7.11. The molecule has 0 aromatic carbocycles. The van der Waals surface area contributed by atoms with E-state index in [9.17, 15) is 18.0 Å². The fourth-order valence-electron chi connectivity index (χ4n) is 6.38. The van der Waals surface area contributed by atoms with Crippen LogP contribution in [0.1, 0.15) is 51.9 Å². The molecule has 0 aromatic rings. The van der Waals surface area contributed by atoms with Gasteiger partial charge in [0.05, 0.1) is 16.9 Å². The molecule has 1 heterocycles. The number of likely N-dealkylation sites (N-methyl/N-ethyl adjacent to an activating group) is 1. The topological polar surface area (TPSA) is 80.8 Å². The van der Waals surface area contributed by atoms with Crippen LogP contribution in [0, 0.1) is 23.2 Å². The first-order chi connectivity index (χ1) is 12.3. The standard InChI is InChI=1S/C19H29NO5S/c1-2-20(16-3-4-26(23,24)12-16)17(21)11-25-18(22)19-8-13-5-14(9-19)7-15(6-13)10-19/h13-16H,2-12H2,1H3. The SMILES string of the molecule is CCN(C(=O)COC(=O)C12CC3CC(CC(C3)C1)C2)C1CCS(=O)(=O)C1. The minimum Gasteiger partial charge on any atom is -0.455 e. The molecule has 1 saturated heterocycles. The molecule has 26 heavy (non-hydrogen) atoms. The second-order valence-electron chi connectivity index (χ2n) is 9.01. The first-order valence-electron chi connectivity index (χ1n) is 9.97. The van der Waals surface area contributed by atoms with Crippen LogP contribution in [0.5, 0.6) is 0 Å². The van der Waals surface area contributed by atoms with Crippen LogP contribution < -0.4 is 0 Å². The lowest BCUT2D eigenvalue weighted by atomic mass is 9.49. The fraction of sp³-hybridized carbons (Fsp3) is 0.895. The number of nitrogens with zero attached hydrogens (tertiary/aromatic N) is 1. The second kappa shape index (κ2) is 6.50. The van der Waals surface area contributed by atoms with Crippen LogP contribution in [-0.4, -0.2) is 55.9 Å². The molecule has 146 valence electrons. The van der Waals surface area contributed by atoms with Gasteiger partial charge in [0.1, 0.15) is 0 Å². The lowest BCUT2D eigenvalue weighted by Gasteiger charge is -2.55. The lowest BCUT2D eigenvalue weighted by molar-refractivity contribution is -0.174. The summed E-state index contributed by atoms with van der Waals surface area (Å²) in [4.78, 5) is 27.0. The summed E-state index contributed by atoms with van der Waals surface area (Å²) in [5.74, 6) is 1.65. The second-order valence-corrected chi connectivity index (χ2v) is 11.2. The maximum atomic E-state index is 12.8. The summed E-state index contributed by atoms with van der Waals surface area (Å²) >= 11 is 0. The summed E-state index contributed by atoms with van der Waals surface area (Å²) in [7, 11) is -3.05. The molecule has 1 amide bonds. The zero-order chi connectivity index (χ0) is 18.5. The first kappa shape index (κ1) is 18.3. The Bertz CT molecular complexity index is 665. The number of hydrogen-bond donors (Lipinski definition) is 0. The molecule has 0 spiro atoms. The molecule has 0 radical (unpaired) electrons. The number of carbonyl (C=O) groups is 2. The van der Waals surface area contributed by atoms with Gasteiger partial charge in [0.15, 0.2) is 16.4 Å². The lowest BCUT2D eigenvalue weighted by Crippen LogP contribution is -2.51. The Morgan fingerprint density at radius 1 is 1.08 bits per heavy atom. The van der Waals surface area contributed by atoms with Crippen LogP contribution in [0.4, 0.5) is 0 Å². The van der Waals surface area contributed by atoms with Crippen molar-refractivity contribution in [1.29, 1.82) is 0 Å². The molecule has 0 N–H and O–H groups in total. The maximum Gasteiger partial charge on any atom is 0.312 e. The van der Waals surface area contributed by atoms with Crippen LogP contribution in [0.15, 0.2) is 0 Å². The molecule has 6 nitrogen and oxygen atoms in total. The number of rotatable bonds is 5. The zero-order valence-corrected chi connectivity index (χ0v) is 16.3. The van der Waals surface area contributed by atoms with Crippen molar-refractivity contribution in [2.24, 2.45) is 23.2 Å². The van der Waals surface area contributed by atoms with E-state index in [4.69, 9.17) is 4.74 Å². The molecule has 4 saturated carbocycles. The van der Waals surface area contributed by atoms with Gasteiger partial charge in [-0.15, -0.1) is 0 Å². The highest BCUT2D eigenvalue weighted by atomic mass is 32.2. The van der Waals surface area contributed by atoms with Gasteiger partial charge in [0, 0.05) is 12.6 Å². The van der Waals surface area contributed by atoms with Crippen LogP contribution >= 0.6 is 0 Å². The molecule has 4 bridgehead atoms.